The lowest BCUT2D eigenvalue weighted by Gasteiger charge is -2.15. The van der Waals surface area contributed by atoms with Crippen LogP contribution in [0.1, 0.15) is 12.5 Å². The van der Waals surface area contributed by atoms with Crippen molar-refractivity contribution in [2.24, 2.45) is 0 Å². The second kappa shape index (κ2) is 6.23. The van der Waals surface area contributed by atoms with Crippen molar-refractivity contribution in [1.82, 2.24) is 4.72 Å². The van der Waals surface area contributed by atoms with Crippen LogP contribution in [0.3, 0.4) is 0 Å². The highest BCUT2D eigenvalue weighted by molar-refractivity contribution is 7.89. The Morgan fingerprint density at radius 1 is 1.31 bits per heavy atom. The molecule has 90 valence electrons. The van der Waals surface area contributed by atoms with Crippen molar-refractivity contribution in [2.45, 2.75) is 19.4 Å². The minimum atomic E-state index is -3.19. The molecule has 1 rings (SSSR count). The van der Waals surface area contributed by atoms with Gasteiger partial charge in [0.25, 0.3) is 0 Å². The Hall–Kier alpha value is -0.580. The maximum Gasteiger partial charge on any atom is 0.211 e. The highest BCUT2D eigenvalue weighted by atomic mass is 35.5. The van der Waals surface area contributed by atoms with E-state index < -0.39 is 10.0 Å². The second-order valence-corrected chi connectivity index (χ2v) is 5.91. The molecule has 0 spiro atoms. The van der Waals surface area contributed by atoms with Crippen molar-refractivity contribution in [3.05, 3.63) is 35.9 Å². The molecule has 16 heavy (non-hydrogen) atoms. The molecule has 1 aromatic rings. The zero-order chi connectivity index (χ0) is 12.0. The Kier molecular flexibility index (Phi) is 5.25. The highest BCUT2D eigenvalue weighted by Gasteiger charge is 2.15. The van der Waals surface area contributed by atoms with Crippen molar-refractivity contribution in [3.63, 3.8) is 0 Å². The Balaban J connectivity index is 2.63. The van der Waals surface area contributed by atoms with Crippen LogP contribution in [0.25, 0.3) is 0 Å². The second-order valence-electron chi connectivity index (χ2n) is 3.56. The van der Waals surface area contributed by atoms with Gasteiger partial charge in [0.05, 0.1) is 5.75 Å². The van der Waals surface area contributed by atoms with Crippen LogP contribution in [-0.4, -0.2) is 26.1 Å². The van der Waals surface area contributed by atoms with Gasteiger partial charge >= 0.3 is 0 Å². The fraction of sp³-hybridized carbons (Fsp3) is 0.455. The van der Waals surface area contributed by atoms with E-state index in [4.69, 9.17) is 11.6 Å². The fourth-order valence-corrected chi connectivity index (χ4v) is 2.48. The molecular weight excluding hydrogens is 246 g/mol. The SMILES string of the molecule is CCS(=O)(=O)N[C@@H](CCl)Cc1ccccc1. The molecule has 1 N–H and O–H groups in total. The molecule has 0 aliphatic rings. The molecule has 0 aromatic heterocycles. The number of sulfonamides is 1. The average Bonchev–Trinajstić information content (AvgIpc) is 2.29. The van der Waals surface area contributed by atoms with Crippen molar-refractivity contribution in [1.29, 1.82) is 0 Å². The van der Waals surface area contributed by atoms with Crippen LogP contribution in [0, 0.1) is 0 Å². The predicted molar refractivity (Wildman–Crippen MR) is 67.3 cm³/mol. The third-order valence-corrected chi connectivity index (χ3v) is 4.06. The van der Waals surface area contributed by atoms with E-state index in [1.807, 2.05) is 30.3 Å². The summed E-state index contributed by atoms with van der Waals surface area (Å²) in [4.78, 5) is 0. The largest absolute Gasteiger partial charge is 0.212 e. The van der Waals surface area contributed by atoms with E-state index in [1.165, 1.54) is 0 Å². The van der Waals surface area contributed by atoms with Crippen LogP contribution in [0.4, 0.5) is 0 Å². The third-order valence-electron chi connectivity index (χ3n) is 2.24. The summed E-state index contributed by atoms with van der Waals surface area (Å²) in [6.07, 6.45) is 0.615. The molecule has 0 aliphatic carbocycles. The lowest BCUT2D eigenvalue weighted by molar-refractivity contribution is 0.562. The summed E-state index contributed by atoms with van der Waals surface area (Å²) in [7, 11) is -3.19. The van der Waals surface area contributed by atoms with E-state index in [1.54, 1.807) is 6.92 Å². The van der Waals surface area contributed by atoms with Crippen LogP contribution in [0.2, 0.25) is 0 Å². The lowest BCUT2D eigenvalue weighted by Crippen LogP contribution is -2.38. The number of hydrogen-bond donors (Lipinski definition) is 1. The molecule has 0 saturated carbocycles. The number of benzene rings is 1. The minimum absolute atomic E-state index is 0.0786. The summed E-state index contributed by atoms with van der Waals surface area (Å²) in [6, 6.07) is 9.45. The van der Waals surface area contributed by atoms with Crippen molar-refractivity contribution < 1.29 is 8.42 Å². The minimum Gasteiger partial charge on any atom is -0.212 e. The smallest absolute Gasteiger partial charge is 0.211 e. The molecule has 0 unspecified atom stereocenters. The van der Waals surface area contributed by atoms with Crippen molar-refractivity contribution in [3.8, 4) is 0 Å². The molecular formula is C11H16ClNO2S. The normalized spacial score (nSPS) is 13.6. The van der Waals surface area contributed by atoms with E-state index in [-0.39, 0.29) is 17.7 Å². The predicted octanol–water partition coefficient (Wildman–Crippen LogP) is 1.78. The molecule has 3 nitrogen and oxygen atoms in total. The van der Waals surface area contributed by atoms with E-state index in [9.17, 15) is 8.42 Å². The molecule has 0 bridgehead atoms. The first-order valence-corrected chi connectivity index (χ1v) is 7.36. The molecule has 0 amide bonds. The van der Waals surface area contributed by atoms with Gasteiger partial charge in [0.2, 0.25) is 10.0 Å². The quantitative estimate of drug-likeness (QED) is 0.794. The zero-order valence-corrected chi connectivity index (χ0v) is 10.8. The van der Waals surface area contributed by atoms with Crippen molar-refractivity contribution >= 4 is 21.6 Å². The van der Waals surface area contributed by atoms with E-state index in [2.05, 4.69) is 4.72 Å². The van der Waals surface area contributed by atoms with Gasteiger partial charge in [-0.25, -0.2) is 13.1 Å². The van der Waals surface area contributed by atoms with Gasteiger partial charge in [0.1, 0.15) is 0 Å². The Bertz CT molecular complexity index is 405. The number of nitrogens with one attached hydrogen (secondary N) is 1. The Morgan fingerprint density at radius 3 is 2.44 bits per heavy atom. The highest BCUT2D eigenvalue weighted by Crippen LogP contribution is 2.05. The van der Waals surface area contributed by atoms with E-state index in [0.29, 0.717) is 6.42 Å². The molecule has 0 radical (unpaired) electrons. The maximum absolute atomic E-state index is 11.4. The monoisotopic (exact) mass is 261 g/mol. The van der Waals surface area contributed by atoms with Crippen molar-refractivity contribution in [2.75, 3.05) is 11.6 Å². The summed E-state index contributed by atoms with van der Waals surface area (Å²) < 4.78 is 25.4. The summed E-state index contributed by atoms with van der Waals surface area (Å²) in [5, 5.41) is 0. The third kappa shape index (κ3) is 4.51. The van der Waals surface area contributed by atoms with E-state index in [0.717, 1.165) is 5.56 Å². The topological polar surface area (TPSA) is 46.2 Å². The first-order chi connectivity index (χ1) is 7.57. The number of halogens is 1. The molecule has 0 heterocycles. The first-order valence-electron chi connectivity index (χ1n) is 5.17. The standard InChI is InChI=1S/C11H16ClNO2S/c1-2-16(14,15)13-11(9-12)8-10-6-4-3-5-7-10/h3-7,11,13H,2,8-9H2,1H3/t11-/m1/s1. The molecule has 0 saturated heterocycles. The number of hydrogen-bond acceptors (Lipinski definition) is 2. The summed E-state index contributed by atoms with van der Waals surface area (Å²) in [5.74, 6) is 0.350. The van der Waals surface area contributed by atoms with Crippen LogP contribution in [0.5, 0.6) is 0 Å². The molecule has 5 heteroatoms. The lowest BCUT2D eigenvalue weighted by atomic mass is 10.1. The Labute approximate surface area is 102 Å². The van der Waals surface area contributed by atoms with Crippen LogP contribution in [-0.2, 0) is 16.4 Å². The van der Waals surface area contributed by atoms with Crippen LogP contribution < -0.4 is 4.72 Å². The summed E-state index contributed by atoms with van der Waals surface area (Å²) in [6.45, 7) is 1.61. The summed E-state index contributed by atoms with van der Waals surface area (Å²) >= 11 is 5.75. The first kappa shape index (κ1) is 13.5. The van der Waals surface area contributed by atoms with Gasteiger partial charge in [-0.3, -0.25) is 0 Å². The van der Waals surface area contributed by atoms with Gasteiger partial charge in [-0.05, 0) is 18.9 Å². The molecule has 1 aromatic carbocycles. The number of rotatable bonds is 6. The van der Waals surface area contributed by atoms with Crippen LogP contribution in [0.15, 0.2) is 30.3 Å². The molecule has 0 fully saturated rings. The maximum atomic E-state index is 11.4. The van der Waals surface area contributed by atoms with Gasteiger partial charge in [-0.15, -0.1) is 11.6 Å². The van der Waals surface area contributed by atoms with Gasteiger partial charge in [-0.1, -0.05) is 30.3 Å². The molecule has 1 atom stereocenters. The fourth-order valence-electron chi connectivity index (χ4n) is 1.36. The van der Waals surface area contributed by atoms with Gasteiger partial charge in [-0.2, -0.15) is 0 Å². The Morgan fingerprint density at radius 2 is 1.94 bits per heavy atom. The van der Waals surface area contributed by atoms with Crippen LogP contribution >= 0.6 is 11.6 Å². The van der Waals surface area contributed by atoms with Gasteiger partial charge < -0.3 is 0 Å². The van der Waals surface area contributed by atoms with Gasteiger partial charge in [0, 0.05) is 11.9 Å². The number of alkyl halides is 1. The zero-order valence-electron chi connectivity index (χ0n) is 9.19. The molecule has 0 aliphatic heterocycles. The van der Waals surface area contributed by atoms with Gasteiger partial charge in [0.15, 0.2) is 0 Å². The average molecular weight is 262 g/mol. The summed E-state index contributed by atoms with van der Waals surface area (Å²) in [5.41, 5.74) is 1.08. The van der Waals surface area contributed by atoms with E-state index >= 15 is 0 Å².